The summed E-state index contributed by atoms with van der Waals surface area (Å²) in [6.07, 6.45) is 7.03. The minimum absolute atomic E-state index is 0.0252. The molecule has 1 aliphatic heterocycles. The Kier molecular flexibility index (Phi) is 6.08. The van der Waals surface area contributed by atoms with Crippen molar-refractivity contribution in [1.82, 2.24) is 19.7 Å². The van der Waals surface area contributed by atoms with Crippen molar-refractivity contribution in [1.29, 1.82) is 0 Å². The molecule has 1 saturated heterocycles. The third-order valence-electron chi connectivity index (χ3n) is 5.84. The minimum Gasteiger partial charge on any atom is -0.497 e. The highest BCUT2D eigenvalue weighted by molar-refractivity contribution is 5.96. The molecule has 8 nitrogen and oxygen atoms in total. The molecule has 1 N–H and O–H groups in total. The molecule has 1 atom stereocenters. The molecule has 1 aliphatic rings. The zero-order chi connectivity index (χ0) is 22.6. The summed E-state index contributed by atoms with van der Waals surface area (Å²) in [5.41, 5.74) is 3.57. The molecule has 1 unspecified atom stereocenters. The number of benzene rings is 2. The van der Waals surface area contributed by atoms with Crippen LogP contribution in [0.3, 0.4) is 0 Å². The van der Waals surface area contributed by atoms with Crippen molar-refractivity contribution in [2.75, 3.05) is 26.1 Å². The maximum absolute atomic E-state index is 5.89. The lowest BCUT2D eigenvalue weighted by Crippen LogP contribution is -2.18. The number of anilines is 1. The van der Waals surface area contributed by atoms with Crippen LogP contribution in [0.5, 0.6) is 11.5 Å². The Bertz CT molecular complexity index is 1230. The first kappa shape index (κ1) is 21.2. The Hall–Kier alpha value is -3.65. The summed E-state index contributed by atoms with van der Waals surface area (Å²) in [4.78, 5) is 9.61. The summed E-state index contributed by atoms with van der Waals surface area (Å²) in [6.45, 7) is 1.35. The van der Waals surface area contributed by atoms with Gasteiger partial charge in [0, 0.05) is 30.3 Å². The van der Waals surface area contributed by atoms with Crippen LogP contribution in [0.25, 0.3) is 22.2 Å². The summed E-state index contributed by atoms with van der Waals surface area (Å²) in [6, 6.07) is 13.8. The highest BCUT2D eigenvalue weighted by Gasteiger charge is 2.19. The SMILES string of the molecule is COc1ccc(CNc2nc(-c3cnn(C4CCCCO4)c3)c3cccc(OC)c3n2)cc1. The first-order valence-electron chi connectivity index (χ1n) is 11.1. The maximum Gasteiger partial charge on any atom is 0.224 e. The van der Waals surface area contributed by atoms with Gasteiger partial charge in [0.25, 0.3) is 0 Å². The van der Waals surface area contributed by atoms with Crippen LogP contribution in [0.1, 0.15) is 31.1 Å². The largest absolute Gasteiger partial charge is 0.497 e. The van der Waals surface area contributed by atoms with Crippen LogP contribution in [0.2, 0.25) is 0 Å². The fraction of sp³-hybridized carbons (Fsp3) is 0.320. The molecule has 33 heavy (non-hydrogen) atoms. The van der Waals surface area contributed by atoms with E-state index in [1.54, 1.807) is 14.2 Å². The number of aromatic nitrogens is 4. The van der Waals surface area contributed by atoms with Gasteiger partial charge < -0.3 is 19.5 Å². The molecule has 3 heterocycles. The molecule has 0 radical (unpaired) electrons. The molecule has 4 aromatic rings. The van der Waals surface area contributed by atoms with E-state index in [2.05, 4.69) is 10.4 Å². The molecule has 0 aliphatic carbocycles. The quantitative estimate of drug-likeness (QED) is 0.437. The average molecular weight is 446 g/mol. The van der Waals surface area contributed by atoms with Gasteiger partial charge in [0.15, 0.2) is 0 Å². The number of hydrogen-bond donors (Lipinski definition) is 1. The molecule has 0 spiro atoms. The van der Waals surface area contributed by atoms with E-state index in [0.29, 0.717) is 18.2 Å². The Labute approximate surface area is 192 Å². The molecule has 5 rings (SSSR count). The Morgan fingerprint density at radius 1 is 1.06 bits per heavy atom. The van der Waals surface area contributed by atoms with Gasteiger partial charge in [-0.3, -0.25) is 0 Å². The van der Waals surface area contributed by atoms with E-state index in [-0.39, 0.29) is 6.23 Å². The monoisotopic (exact) mass is 445 g/mol. The molecule has 2 aromatic carbocycles. The highest BCUT2D eigenvalue weighted by Crippen LogP contribution is 2.33. The molecule has 170 valence electrons. The van der Waals surface area contributed by atoms with Crippen LogP contribution >= 0.6 is 0 Å². The van der Waals surface area contributed by atoms with Gasteiger partial charge in [0.05, 0.1) is 26.1 Å². The van der Waals surface area contributed by atoms with E-state index in [4.69, 9.17) is 24.2 Å². The molecule has 2 aromatic heterocycles. The number of para-hydroxylation sites is 1. The van der Waals surface area contributed by atoms with Gasteiger partial charge in [-0.1, -0.05) is 24.3 Å². The predicted octanol–water partition coefficient (Wildman–Crippen LogP) is 4.82. The van der Waals surface area contributed by atoms with Gasteiger partial charge in [0.2, 0.25) is 5.95 Å². The van der Waals surface area contributed by atoms with Crippen molar-refractivity contribution < 1.29 is 14.2 Å². The van der Waals surface area contributed by atoms with Crippen molar-refractivity contribution in [2.24, 2.45) is 0 Å². The van der Waals surface area contributed by atoms with E-state index in [9.17, 15) is 0 Å². The molecule has 0 amide bonds. The van der Waals surface area contributed by atoms with Crippen LogP contribution < -0.4 is 14.8 Å². The number of rotatable bonds is 7. The van der Waals surface area contributed by atoms with Crippen molar-refractivity contribution in [3.05, 3.63) is 60.4 Å². The number of hydrogen-bond acceptors (Lipinski definition) is 7. The first-order chi connectivity index (χ1) is 16.2. The number of nitrogens with zero attached hydrogens (tertiary/aromatic N) is 4. The summed E-state index contributed by atoms with van der Waals surface area (Å²) in [5, 5.41) is 8.84. The zero-order valence-corrected chi connectivity index (χ0v) is 18.8. The molecular formula is C25H27N5O3. The van der Waals surface area contributed by atoms with Crippen LogP contribution in [0.4, 0.5) is 5.95 Å². The second-order valence-corrected chi connectivity index (χ2v) is 7.98. The number of ether oxygens (including phenoxy) is 3. The lowest BCUT2D eigenvalue weighted by molar-refractivity contribution is -0.0394. The number of nitrogens with one attached hydrogen (secondary N) is 1. The van der Waals surface area contributed by atoms with E-state index >= 15 is 0 Å². The second kappa shape index (κ2) is 9.46. The molecule has 0 bridgehead atoms. The summed E-state index contributed by atoms with van der Waals surface area (Å²) in [5.74, 6) is 2.05. The molecule has 8 heteroatoms. The van der Waals surface area contributed by atoms with Crippen LogP contribution in [-0.2, 0) is 11.3 Å². The van der Waals surface area contributed by atoms with Gasteiger partial charge in [0.1, 0.15) is 23.2 Å². The summed E-state index contributed by atoms with van der Waals surface area (Å²) >= 11 is 0. The van der Waals surface area contributed by atoms with Crippen LogP contribution in [0.15, 0.2) is 54.9 Å². The Morgan fingerprint density at radius 3 is 2.70 bits per heavy atom. The maximum atomic E-state index is 5.89. The fourth-order valence-corrected chi connectivity index (χ4v) is 4.06. The predicted molar refractivity (Wildman–Crippen MR) is 126 cm³/mol. The number of methoxy groups -OCH3 is 2. The van der Waals surface area contributed by atoms with Crippen molar-refractivity contribution in [3.8, 4) is 22.8 Å². The first-order valence-corrected chi connectivity index (χ1v) is 11.1. The van der Waals surface area contributed by atoms with Crippen molar-refractivity contribution in [3.63, 3.8) is 0 Å². The standard InChI is InChI=1S/C25H27N5O3/c1-31-19-11-9-17(10-12-19)14-26-25-28-23(20-6-5-7-21(32-2)24(20)29-25)18-15-27-30(16-18)22-8-3-4-13-33-22/h5-7,9-12,15-16,22H,3-4,8,13-14H2,1-2H3,(H,26,28,29). The lowest BCUT2D eigenvalue weighted by atomic mass is 10.1. The van der Waals surface area contributed by atoms with Gasteiger partial charge >= 0.3 is 0 Å². The zero-order valence-electron chi connectivity index (χ0n) is 18.8. The van der Waals surface area contributed by atoms with Gasteiger partial charge in [-0.2, -0.15) is 5.10 Å². The van der Waals surface area contributed by atoms with E-state index in [1.807, 2.05) is 59.5 Å². The topological polar surface area (TPSA) is 83.3 Å². The Morgan fingerprint density at radius 2 is 1.94 bits per heavy atom. The van der Waals surface area contributed by atoms with Crippen LogP contribution in [0, 0.1) is 0 Å². The summed E-state index contributed by atoms with van der Waals surface area (Å²) in [7, 11) is 3.31. The third-order valence-corrected chi connectivity index (χ3v) is 5.84. The lowest BCUT2D eigenvalue weighted by Gasteiger charge is -2.22. The van der Waals surface area contributed by atoms with Crippen molar-refractivity contribution >= 4 is 16.9 Å². The van der Waals surface area contributed by atoms with Gasteiger partial charge in [-0.25, -0.2) is 14.6 Å². The molecule has 0 saturated carbocycles. The summed E-state index contributed by atoms with van der Waals surface area (Å²) < 4.78 is 18.6. The third kappa shape index (κ3) is 4.47. The highest BCUT2D eigenvalue weighted by atomic mass is 16.5. The van der Waals surface area contributed by atoms with E-state index in [1.165, 1.54) is 0 Å². The molecule has 1 fully saturated rings. The second-order valence-electron chi connectivity index (χ2n) is 7.98. The van der Waals surface area contributed by atoms with Gasteiger partial charge in [-0.05, 0) is 43.0 Å². The van der Waals surface area contributed by atoms with E-state index < -0.39 is 0 Å². The van der Waals surface area contributed by atoms with E-state index in [0.717, 1.165) is 59.3 Å². The normalized spacial score (nSPS) is 16.0. The fourth-order valence-electron chi connectivity index (χ4n) is 4.06. The minimum atomic E-state index is -0.0252. The van der Waals surface area contributed by atoms with Crippen molar-refractivity contribution in [2.45, 2.75) is 32.0 Å². The smallest absolute Gasteiger partial charge is 0.224 e. The average Bonchev–Trinajstić information content (AvgIpc) is 3.37. The van der Waals surface area contributed by atoms with Crippen LogP contribution in [-0.4, -0.2) is 40.6 Å². The Balaban J connectivity index is 1.49. The van der Waals surface area contributed by atoms with Gasteiger partial charge in [-0.15, -0.1) is 0 Å². The molecular weight excluding hydrogens is 418 g/mol. The number of fused-ring (bicyclic) bond motifs is 1.